The third-order valence-corrected chi connectivity index (χ3v) is 5.23. The highest BCUT2D eigenvalue weighted by Crippen LogP contribution is 2.19. The zero-order valence-corrected chi connectivity index (χ0v) is 16.5. The van der Waals surface area contributed by atoms with Gasteiger partial charge in [0.25, 0.3) is 11.8 Å². The quantitative estimate of drug-likeness (QED) is 0.697. The standard InChI is InChI=1S/C24H28N2O2/c1-18-7-5-6-10-22(18)17-26-24(28)21-13-11-20(12-14-21)23(27)25-16-15-19-8-3-2-4-9-19/h5-8,10-14H,2-4,9,15-17H2,1H3,(H,25,27)(H,26,28). The number of benzene rings is 2. The lowest BCUT2D eigenvalue weighted by molar-refractivity contribution is 0.0940. The summed E-state index contributed by atoms with van der Waals surface area (Å²) in [5.74, 6) is -0.234. The van der Waals surface area contributed by atoms with Crippen molar-refractivity contribution in [3.8, 4) is 0 Å². The van der Waals surface area contributed by atoms with Crippen molar-refractivity contribution in [1.82, 2.24) is 10.6 Å². The summed E-state index contributed by atoms with van der Waals surface area (Å²) in [6.45, 7) is 3.17. The van der Waals surface area contributed by atoms with Crippen molar-refractivity contribution in [1.29, 1.82) is 0 Å². The van der Waals surface area contributed by atoms with Crippen molar-refractivity contribution in [2.24, 2.45) is 0 Å². The average molecular weight is 377 g/mol. The Balaban J connectivity index is 1.48. The molecule has 4 heteroatoms. The van der Waals surface area contributed by atoms with Crippen LogP contribution < -0.4 is 10.6 Å². The van der Waals surface area contributed by atoms with Crippen LogP contribution in [-0.4, -0.2) is 18.4 Å². The number of aryl methyl sites for hydroxylation is 1. The summed E-state index contributed by atoms with van der Waals surface area (Å²) in [5, 5.41) is 5.90. The summed E-state index contributed by atoms with van der Waals surface area (Å²) < 4.78 is 0. The molecule has 146 valence electrons. The van der Waals surface area contributed by atoms with Crippen molar-refractivity contribution in [2.45, 2.75) is 45.6 Å². The molecule has 28 heavy (non-hydrogen) atoms. The number of nitrogens with one attached hydrogen (secondary N) is 2. The van der Waals surface area contributed by atoms with E-state index in [0.29, 0.717) is 24.2 Å². The number of carbonyl (C=O) groups excluding carboxylic acids is 2. The second-order valence-electron chi connectivity index (χ2n) is 7.30. The second-order valence-corrected chi connectivity index (χ2v) is 7.30. The van der Waals surface area contributed by atoms with E-state index in [9.17, 15) is 9.59 Å². The fraction of sp³-hybridized carbons (Fsp3) is 0.333. The zero-order chi connectivity index (χ0) is 19.8. The van der Waals surface area contributed by atoms with Gasteiger partial charge in [0.05, 0.1) is 0 Å². The lowest BCUT2D eigenvalue weighted by Gasteiger charge is -2.13. The summed E-state index contributed by atoms with van der Waals surface area (Å²) in [6.07, 6.45) is 8.08. The molecule has 2 N–H and O–H groups in total. The van der Waals surface area contributed by atoms with Gasteiger partial charge in [-0.25, -0.2) is 0 Å². The van der Waals surface area contributed by atoms with E-state index >= 15 is 0 Å². The molecule has 0 spiro atoms. The maximum absolute atomic E-state index is 12.3. The van der Waals surface area contributed by atoms with Crippen molar-refractivity contribution in [3.05, 3.63) is 82.4 Å². The van der Waals surface area contributed by atoms with Crippen molar-refractivity contribution in [2.75, 3.05) is 6.54 Å². The first-order chi connectivity index (χ1) is 13.6. The van der Waals surface area contributed by atoms with E-state index < -0.39 is 0 Å². The number of hydrogen-bond donors (Lipinski definition) is 2. The van der Waals surface area contributed by atoms with Crippen LogP contribution in [-0.2, 0) is 6.54 Å². The molecule has 2 aromatic rings. The van der Waals surface area contributed by atoms with Gasteiger partial charge in [-0.1, -0.05) is 35.9 Å². The van der Waals surface area contributed by atoms with E-state index in [0.717, 1.165) is 30.4 Å². The van der Waals surface area contributed by atoms with Gasteiger partial charge >= 0.3 is 0 Å². The van der Waals surface area contributed by atoms with Gasteiger partial charge in [0.2, 0.25) is 0 Å². The molecule has 0 heterocycles. The minimum absolute atomic E-state index is 0.0942. The molecule has 3 rings (SSSR count). The first-order valence-corrected chi connectivity index (χ1v) is 10.0. The summed E-state index contributed by atoms with van der Waals surface area (Å²) in [4.78, 5) is 24.6. The van der Waals surface area contributed by atoms with Gasteiger partial charge in [-0.3, -0.25) is 9.59 Å². The van der Waals surface area contributed by atoms with Crippen LogP contribution in [0.5, 0.6) is 0 Å². The Hall–Kier alpha value is -2.88. The zero-order valence-electron chi connectivity index (χ0n) is 16.5. The largest absolute Gasteiger partial charge is 0.352 e. The monoisotopic (exact) mass is 376 g/mol. The van der Waals surface area contributed by atoms with E-state index in [1.807, 2.05) is 31.2 Å². The highest BCUT2D eigenvalue weighted by Gasteiger charge is 2.10. The molecule has 0 fully saturated rings. The fourth-order valence-electron chi connectivity index (χ4n) is 3.43. The van der Waals surface area contributed by atoms with Crippen LogP contribution in [0.15, 0.2) is 60.2 Å². The second kappa shape index (κ2) is 9.88. The lowest BCUT2D eigenvalue weighted by Crippen LogP contribution is -2.25. The highest BCUT2D eigenvalue weighted by molar-refractivity contribution is 5.97. The Morgan fingerprint density at radius 3 is 2.21 bits per heavy atom. The van der Waals surface area contributed by atoms with Crippen molar-refractivity contribution < 1.29 is 9.59 Å². The third kappa shape index (κ3) is 5.56. The first-order valence-electron chi connectivity index (χ1n) is 10.0. The normalized spacial score (nSPS) is 13.5. The molecular formula is C24H28N2O2. The Labute approximate surface area is 167 Å². The summed E-state index contributed by atoms with van der Waals surface area (Å²) in [5.41, 5.74) is 4.83. The molecular weight excluding hydrogens is 348 g/mol. The molecule has 1 aliphatic rings. The Morgan fingerprint density at radius 2 is 1.57 bits per heavy atom. The Morgan fingerprint density at radius 1 is 0.893 bits per heavy atom. The first kappa shape index (κ1) is 19.9. The van der Waals surface area contributed by atoms with Crippen LogP contribution in [0.4, 0.5) is 0 Å². The van der Waals surface area contributed by atoms with E-state index in [1.165, 1.54) is 18.4 Å². The molecule has 0 saturated heterocycles. The van der Waals surface area contributed by atoms with Crippen LogP contribution in [0, 0.1) is 6.92 Å². The molecule has 0 aliphatic heterocycles. The van der Waals surface area contributed by atoms with Gasteiger partial charge in [-0.15, -0.1) is 0 Å². The summed E-state index contributed by atoms with van der Waals surface area (Å²) in [6, 6.07) is 14.8. The lowest BCUT2D eigenvalue weighted by atomic mass is 9.97. The number of allylic oxidation sites excluding steroid dienone is 1. The number of rotatable bonds is 7. The molecule has 0 radical (unpaired) electrons. The minimum atomic E-state index is -0.139. The predicted octanol–water partition coefficient (Wildman–Crippen LogP) is 4.55. The van der Waals surface area contributed by atoms with Gasteiger partial charge in [0.1, 0.15) is 0 Å². The summed E-state index contributed by atoms with van der Waals surface area (Å²) >= 11 is 0. The topological polar surface area (TPSA) is 58.2 Å². The molecule has 0 unspecified atom stereocenters. The Kier molecular flexibility index (Phi) is 7.01. The molecule has 0 bridgehead atoms. The molecule has 0 atom stereocenters. The molecule has 2 amide bonds. The maximum Gasteiger partial charge on any atom is 0.251 e. The maximum atomic E-state index is 12.3. The summed E-state index contributed by atoms with van der Waals surface area (Å²) in [7, 11) is 0. The van der Waals surface area contributed by atoms with E-state index in [-0.39, 0.29) is 11.8 Å². The van der Waals surface area contributed by atoms with Crippen LogP contribution in [0.3, 0.4) is 0 Å². The number of amides is 2. The van der Waals surface area contributed by atoms with Gasteiger partial charge in [-0.05, 0) is 74.4 Å². The van der Waals surface area contributed by atoms with Gasteiger partial charge < -0.3 is 10.6 Å². The van der Waals surface area contributed by atoms with Crippen LogP contribution in [0.2, 0.25) is 0 Å². The van der Waals surface area contributed by atoms with Crippen LogP contribution in [0.1, 0.15) is 63.9 Å². The fourth-order valence-corrected chi connectivity index (χ4v) is 3.43. The van der Waals surface area contributed by atoms with Crippen LogP contribution >= 0.6 is 0 Å². The molecule has 0 saturated carbocycles. The molecule has 4 nitrogen and oxygen atoms in total. The molecule has 2 aromatic carbocycles. The van der Waals surface area contributed by atoms with Gasteiger partial charge in [0, 0.05) is 24.2 Å². The van der Waals surface area contributed by atoms with Gasteiger partial charge in [-0.2, -0.15) is 0 Å². The van der Waals surface area contributed by atoms with Crippen molar-refractivity contribution in [3.63, 3.8) is 0 Å². The van der Waals surface area contributed by atoms with Crippen LogP contribution in [0.25, 0.3) is 0 Å². The molecule has 1 aliphatic carbocycles. The Bertz CT molecular complexity index is 853. The average Bonchev–Trinajstić information content (AvgIpc) is 2.74. The highest BCUT2D eigenvalue weighted by atomic mass is 16.2. The number of hydrogen-bond acceptors (Lipinski definition) is 2. The van der Waals surface area contributed by atoms with Crippen molar-refractivity contribution >= 4 is 11.8 Å². The van der Waals surface area contributed by atoms with Gasteiger partial charge in [0.15, 0.2) is 0 Å². The van der Waals surface area contributed by atoms with E-state index in [4.69, 9.17) is 0 Å². The molecule has 0 aromatic heterocycles. The SMILES string of the molecule is Cc1ccccc1CNC(=O)c1ccc(C(=O)NCCC2=CCCCC2)cc1. The van der Waals surface area contributed by atoms with E-state index in [2.05, 4.69) is 16.7 Å². The third-order valence-electron chi connectivity index (χ3n) is 5.23. The van der Waals surface area contributed by atoms with E-state index in [1.54, 1.807) is 24.3 Å². The number of carbonyl (C=O) groups is 2. The predicted molar refractivity (Wildman–Crippen MR) is 112 cm³/mol. The smallest absolute Gasteiger partial charge is 0.251 e. The minimum Gasteiger partial charge on any atom is -0.352 e.